The molecule has 0 radical (unpaired) electrons. The lowest BCUT2D eigenvalue weighted by atomic mass is 10.2. The first-order chi connectivity index (χ1) is 6.33. The number of fused-ring (bicyclic) bond motifs is 1. The maximum absolute atomic E-state index is 4.49. The molecule has 2 heteroatoms. The van der Waals surface area contributed by atoms with Crippen molar-refractivity contribution in [3.05, 3.63) is 35.8 Å². The predicted octanol–water partition coefficient (Wildman–Crippen LogP) is 2.60. The van der Waals surface area contributed by atoms with E-state index in [4.69, 9.17) is 0 Å². The third kappa shape index (κ3) is 1.32. The van der Waals surface area contributed by atoms with Crippen molar-refractivity contribution < 1.29 is 0 Å². The quantitative estimate of drug-likeness (QED) is 0.684. The van der Waals surface area contributed by atoms with Gasteiger partial charge in [0.1, 0.15) is 5.65 Å². The van der Waals surface area contributed by atoms with Gasteiger partial charge in [0.05, 0.1) is 5.69 Å². The molecule has 0 fully saturated rings. The van der Waals surface area contributed by atoms with Crippen LogP contribution >= 0.6 is 0 Å². The van der Waals surface area contributed by atoms with Crippen molar-refractivity contribution in [2.24, 2.45) is 0 Å². The van der Waals surface area contributed by atoms with Crippen LogP contribution in [-0.4, -0.2) is 9.38 Å². The van der Waals surface area contributed by atoms with E-state index in [-0.39, 0.29) is 0 Å². The number of aryl methyl sites for hydroxylation is 2. The van der Waals surface area contributed by atoms with Crippen LogP contribution in [0.4, 0.5) is 0 Å². The fourth-order valence-corrected chi connectivity index (χ4v) is 1.70. The Morgan fingerprint density at radius 3 is 3.00 bits per heavy atom. The molecule has 0 aliphatic carbocycles. The molecule has 13 heavy (non-hydrogen) atoms. The summed E-state index contributed by atoms with van der Waals surface area (Å²) in [6.07, 6.45) is 4.36. The van der Waals surface area contributed by atoms with Gasteiger partial charge < -0.3 is 4.40 Å². The number of aromatic nitrogens is 2. The summed E-state index contributed by atoms with van der Waals surface area (Å²) in [7, 11) is 0. The minimum atomic E-state index is 1.06. The average molecular weight is 174 g/mol. The first-order valence-corrected chi connectivity index (χ1v) is 4.75. The van der Waals surface area contributed by atoms with Gasteiger partial charge in [0.25, 0.3) is 0 Å². The number of rotatable bonds is 2. The summed E-state index contributed by atoms with van der Waals surface area (Å²) in [5.41, 5.74) is 3.56. The third-order valence-electron chi connectivity index (χ3n) is 2.32. The molecule has 2 aromatic heterocycles. The lowest BCUT2D eigenvalue weighted by Crippen LogP contribution is -1.92. The van der Waals surface area contributed by atoms with Gasteiger partial charge in [-0.3, -0.25) is 0 Å². The summed E-state index contributed by atoms with van der Waals surface area (Å²) in [5.74, 6) is 0. The van der Waals surface area contributed by atoms with Gasteiger partial charge in [0.2, 0.25) is 0 Å². The van der Waals surface area contributed by atoms with Gasteiger partial charge in [0, 0.05) is 11.9 Å². The van der Waals surface area contributed by atoms with Crippen LogP contribution in [0, 0.1) is 6.92 Å². The van der Waals surface area contributed by atoms with Crippen LogP contribution < -0.4 is 0 Å². The first kappa shape index (κ1) is 8.30. The van der Waals surface area contributed by atoms with Crippen molar-refractivity contribution in [2.75, 3.05) is 0 Å². The Morgan fingerprint density at radius 2 is 2.23 bits per heavy atom. The summed E-state index contributed by atoms with van der Waals surface area (Å²) in [6.45, 7) is 4.28. The Labute approximate surface area is 78.2 Å². The van der Waals surface area contributed by atoms with Crippen molar-refractivity contribution in [2.45, 2.75) is 26.7 Å². The topological polar surface area (TPSA) is 17.3 Å². The van der Waals surface area contributed by atoms with Gasteiger partial charge in [-0.05, 0) is 25.5 Å². The molecule has 2 rings (SSSR count). The standard InChI is InChI=1S/C11H14N2/c1-3-6-10-9(2)12-11-7-4-5-8-13(10)11/h4-5,7-8H,3,6H2,1-2H3. The highest BCUT2D eigenvalue weighted by atomic mass is 15.0. The van der Waals surface area contributed by atoms with E-state index in [1.54, 1.807) is 0 Å². The fourth-order valence-electron chi connectivity index (χ4n) is 1.70. The largest absolute Gasteiger partial charge is 0.304 e. The van der Waals surface area contributed by atoms with Gasteiger partial charge in [-0.2, -0.15) is 0 Å². The molecule has 0 saturated carbocycles. The van der Waals surface area contributed by atoms with Crippen LogP contribution in [0.25, 0.3) is 5.65 Å². The maximum Gasteiger partial charge on any atom is 0.137 e. The summed E-state index contributed by atoms with van der Waals surface area (Å²) in [6, 6.07) is 6.12. The highest BCUT2D eigenvalue weighted by molar-refractivity contribution is 5.42. The van der Waals surface area contributed by atoms with E-state index in [9.17, 15) is 0 Å². The molecule has 2 nitrogen and oxygen atoms in total. The molecule has 0 aliphatic heterocycles. The van der Waals surface area contributed by atoms with Crippen LogP contribution in [0.3, 0.4) is 0 Å². The smallest absolute Gasteiger partial charge is 0.137 e. The molecule has 0 aromatic carbocycles. The Bertz CT molecular complexity index is 415. The van der Waals surface area contributed by atoms with E-state index in [0.717, 1.165) is 17.8 Å². The van der Waals surface area contributed by atoms with Crippen LogP contribution in [-0.2, 0) is 6.42 Å². The second-order valence-corrected chi connectivity index (χ2v) is 3.32. The van der Waals surface area contributed by atoms with E-state index in [1.807, 2.05) is 18.2 Å². The molecule has 0 unspecified atom stereocenters. The monoisotopic (exact) mass is 174 g/mol. The van der Waals surface area contributed by atoms with E-state index in [0.29, 0.717) is 0 Å². The van der Waals surface area contributed by atoms with Gasteiger partial charge in [-0.25, -0.2) is 4.98 Å². The number of imidazole rings is 1. The SMILES string of the molecule is CCCc1c(C)nc2ccccn12. The van der Waals surface area contributed by atoms with Gasteiger partial charge in [-0.1, -0.05) is 19.4 Å². The van der Waals surface area contributed by atoms with Gasteiger partial charge in [0.15, 0.2) is 0 Å². The minimum absolute atomic E-state index is 1.06. The molecule has 0 bridgehead atoms. The number of hydrogen-bond donors (Lipinski definition) is 0. The predicted molar refractivity (Wildman–Crippen MR) is 53.9 cm³/mol. The number of nitrogens with zero attached hydrogens (tertiary/aromatic N) is 2. The molecule has 68 valence electrons. The highest BCUT2D eigenvalue weighted by Gasteiger charge is 2.05. The van der Waals surface area contributed by atoms with E-state index >= 15 is 0 Å². The molecule has 0 spiro atoms. The Morgan fingerprint density at radius 1 is 1.38 bits per heavy atom. The van der Waals surface area contributed by atoms with Crippen molar-refractivity contribution in [3.8, 4) is 0 Å². The van der Waals surface area contributed by atoms with E-state index in [1.165, 1.54) is 12.1 Å². The van der Waals surface area contributed by atoms with Gasteiger partial charge >= 0.3 is 0 Å². The molecule has 0 N–H and O–H groups in total. The normalized spacial score (nSPS) is 10.9. The van der Waals surface area contributed by atoms with E-state index < -0.39 is 0 Å². The average Bonchev–Trinajstić information content (AvgIpc) is 2.44. The Hall–Kier alpha value is -1.31. The van der Waals surface area contributed by atoms with Crippen LogP contribution in [0.15, 0.2) is 24.4 Å². The Balaban J connectivity index is 2.64. The summed E-state index contributed by atoms with van der Waals surface area (Å²) in [5, 5.41) is 0. The molecular formula is C11H14N2. The fraction of sp³-hybridized carbons (Fsp3) is 0.364. The zero-order valence-electron chi connectivity index (χ0n) is 8.12. The zero-order chi connectivity index (χ0) is 9.26. The summed E-state index contributed by atoms with van der Waals surface area (Å²) in [4.78, 5) is 4.49. The lowest BCUT2D eigenvalue weighted by molar-refractivity contribution is 0.858. The number of pyridine rings is 1. The third-order valence-corrected chi connectivity index (χ3v) is 2.32. The maximum atomic E-state index is 4.49. The second-order valence-electron chi connectivity index (χ2n) is 3.32. The summed E-state index contributed by atoms with van der Waals surface area (Å²) < 4.78 is 2.18. The van der Waals surface area contributed by atoms with Crippen LogP contribution in [0.2, 0.25) is 0 Å². The van der Waals surface area contributed by atoms with E-state index in [2.05, 4.69) is 29.4 Å². The molecular weight excluding hydrogens is 160 g/mol. The van der Waals surface area contributed by atoms with Crippen molar-refractivity contribution in [1.29, 1.82) is 0 Å². The van der Waals surface area contributed by atoms with Crippen LogP contribution in [0.1, 0.15) is 24.7 Å². The highest BCUT2D eigenvalue weighted by Crippen LogP contribution is 2.12. The van der Waals surface area contributed by atoms with Crippen molar-refractivity contribution >= 4 is 5.65 Å². The number of hydrogen-bond acceptors (Lipinski definition) is 1. The molecule has 2 heterocycles. The minimum Gasteiger partial charge on any atom is -0.304 e. The van der Waals surface area contributed by atoms with Crippen LogP contribution in [0.5, 0.6) is 0 Å². The van der Waals surface area contributed by atoms with Gasteiger partial charge in [-0.15, -0.1) is 0 Å². The molecule has 0 atom stereocenters. The Kier molecular flexibility index (Phi) is 2.05. The molecule has 0 amide bonds. The first-order valence-electron chi connectivity index (χ1n) is 4.75. The second kappa shape index (κ2) is 3.21. The van der Waals surface area contributed by atoms with Crippen molar-refractivity contribution in [3.63, 3.8) is 0 Å². The molecule has 2 aromatic rings. The van der Waals surface area contributed by atoms with Crippen molar-refractivity contribution in [1.82, 2.24) is 9.38 Å². The lowest BCUT2D eigenvalue weighted by Gasteiger charge is -1.99. The molecule has 0 saturated heterocycles. The summed E-state index contributed by atoms with van der Waals surface area (Å²) >= 11 is 0. The molecule has 0 aliphatic rings. The zero-order valence-corrected chi connectivity index (χ0v) is 8.12.